The SMILES string of the molecule is Cc1ncsc1-c1ccc([C@H](C)NC(=O)[C@@H]2C[C@@H](O)CN2C(=O)[C@@H](C(CCCCCCCCC(N)=O)C(N)=O)C(C)(C)C)cc1. The van der Waals surface area contributed by atoms with E-state index in [1.807, 2.05) is 64.4 Å². The number of aliphatic hydroxyl groups is 1. The fourth-order valence-electron chi connectivity index (χ4n) is 6.37. The van der Waals surface area contributed by atoms with Crippen LogP contribution in [0.15, 0.2) is 29.8 Å². The van der Waals surface area contributed by atoms with Crippen LogP contribution in [0.3, 0.4) is 0 Å². The summed E-state index contributed by atoms with van der Waals surface area (Å²) in [5, 5.41) is 13.6. The number of unbranched alkanes of at least 4 members (excludes halogenated alkanes) is 5. The van der Waals surface area contributed by atoms with Crippen LogP contribution in [-0.2, 0) is 19.2 Å². The van der Waals surface area contributed by atoms with Crippen LogP contribution in [0.1, 0.15) is 103 Å². The minimum Gasteiger partial charge on any atom is -0.391 e. The van der Waals surface area contributed by atoms with Gasteiger partial charge in [-0.1, -0.05) is 77.1 Å². The molecule has 5 atom stereocenters. The third kappa shape index (κ3) is 10.1. The number of rotatable bonds is 16. The first kappa shape index (κ1) is 36.2. The number of nitrogens with zero attached hydrogens (tertiary/aromatic N) is 2. The van der Waals surface area contributed by atoms with Crippen molar-refractivity contribution in [3.8, 4) is 10.4 Å². The number of carbonyl (C=O) groups excluding carboxylic acids is 4. The first-order valence-electron chi connectivity index (χ1n) is 16.1. The number of carbonyl (C=O) groups is 4. The number of benzene rings is 1. The Balaban J connectivity index is 1.67. The number of likely N-dealkylation sites (tertiary alicyclic amines) is 1. The lowest BCUT2D eigenvalue weighted by Gasteiger charge is -2.38. The van der Waals surface area contributed by atoms with Crippen molar-refractivity contribution in [2.45, 2.75) is 111 Å². The van der Waals surface area contributed by atoms with Crippen molar-refractivity contribution in [3.63, 3.8) is 0 Å². The van der Waals surface area contributed by atoms with Crippen molar-refractivity contribution in [3.05, 3.63) is 41.0 Å². The number of hydrogen-bond donors (Lipinski definition) is 4. The zero-order chi connectivity index (χ0) is 33.3. The lowest BCUT2D eigenvalue weighted by atomic mass is 9.70. The molecule has 0 aliphatic carbocycles. The van der Waals surface area contributed by atoms with E-state index in [0.717, 1.165) is 60.2 Å². The lowest BCUT2D eigenvalue weighted by molar-refractivity contribution is -0.149. The number of aryl methyl sites for hydroxylation is 1. The van der Waals surface area contributed by atoms with Crippen molar-refractivity contribution in [1.29, 1.82) is 0 Å². The molecule has 0 spiro atoms. The van der Waals surface area contributed by atoms with Gasteiger partial charge in [0.15, 0.2) is 0 Å². The van der Waals surface area contributed by atoms with Crippen LogP contribution in [0, 0.1) is 24.2 Å². The number of thiazole rings is 1. The van der Waals surface area contributed by atoms with Gasteiger partial charge in [0, 0.05) is 25.3 Å². The Bertz CT molecular complexity index is 1300. The fourth-order valence-corrected chi connectivity index (χ4v) is 7.18. The number of β-amino-alcohol motifs (C(OH)–C–C–N with tert-alkyl or cyclic N) is 1. The van der Waals surface area contributed by atoms with E-state index in [1.165, 1.54) is 4.90 Å². The van der Waals surface area contributed by atoms with Crippen LogP contribution in [0.4, 0.5) is 0 Å². The zero-order valence-corrected chi connectivity index (χ0v) is 28.2. The zero-order valence-electron chi connectivity index (χ0n) is 27.4. The Kier molecular flexibility index (Phi) is 13.1. The molecule has 10 nitrogen and oxygen atoms in total. The molecule has 1 unspecified atom stereocenters. The highest BCUT2D eigenvalue weighted by molar-refractivity contribution is 7.13. The quantitative estimate of drug-likeness (QED) is 0.195. The van der Waals surface area contributed by atoms with Crippen molar-refractivity contribution in [1.82, 2.24) is 15.2 Å². The second-order valence-electron chi connectivity index (χ2n) is 13.5. The van der Waals surface area contributed by atoms with Gasteiger partial charge in [-0.15, -0.1) is 11.3 Å². The molecule has 0 bridgehead atoms. The Hall–Kier alpha value is -3.31. The van der Waals surface area contributed by atoms with Gasteiger partial charge in [-0.2, -0.15) is 0 Å². The number of primary amides is 2. The Labute approximate surface area is 271 Å². The van der Waals surface area contributed by atoms with Crippen LogP contribution >= 0.6 is 11.3 Å². The van der Waals surface area contributed by atoms with E-state index in [2.05, 4.69) is 10.3 Å². The highest BCUT2D eigenvalue weighted by Gasteiger charge is 2.47. The molecule has 0 saturated carbocycles. The normalized spacial score (nSPS) is 18.8. The van der Waals surface area contributed by atoms with Crippen molar-refractivity contribution in [2.75, 3.05) is 6.54 Å². The highest BCUT2D eigenvalue weighted by atomic mass is 32.1. The molecule has 11 heteroatoms. The molecule has 2 aromatic rings. The molecule has 1 aromatic heterocycles. The smallest absolute Gasteiger partial charge is 0.243 e. The Morgan fingerprint density at radius 1 is 1.04 bits per heavy atom. The molecule has 1 saturated heterocycles. The summed E-state index contributed by atoms with van der Waals surface area (Å²) in [4.78, 5) is 58.3. The average molecular weight is 642 g/mol. The summed E-state index contributed by atoms with van der Waals surface area (Å²) in [5.41, 5.74) is 15.3. The summed E-state index contributed by atoms with van der Waals surface area (Å²) in [6.07, 6.45) is 5.35. The standard InChI is InChI=1S/C34H51N5O5S/c1-21(23-14-16-24(17-15-23)30-22(2)37-20-45-30)38-32(43)27-18-25(40)19-39(27)33(44)29(34(3,4)5)26(31(36)42)12-10-8-6-7-9-11-13-28(35)41/h14-17,20-21,25-27,29,40H,6-13,18-19H2,1-5H3,(H2,35,41)(H2,36,42)(H,38,43)/t21-,25+,26?,27-,29+/m0/s1. The number of hydrogen-bond acceptors (Lipinski definition) is 7. The molecule has 2 heterocycles. The minimum absolute atomic E-state index is 0.0254. The number of aromatic nitrogens is 1. The van der Waals surface area contributed by atoms with E-state index >= 15 is 0 Å². The van der Waals surface area contributed by atoms with Crippen molar-refractivity contribution in [2.24, 2.45) is 28.7 Å². The van der Waals surface area contributed by atoms with E-state index in [4.69, 9.17) is 11.5 Å². The molecular weight excluding hydrogens is 590 g/mol. The monoisotopic (exact) mass is 641 g/mol. The van der Waals surface area contributed by atoms with E-state index in [-0.39, 0.29) is 36.7 Å². The highest BCUT2D eigenvalue weighted by Crippen LogP contribution is 2.38. The van der Waals surface area contributed by atoms with Gasteiger partial charge in [0.25, 0.3) is 0 Å². The molecule has 4 amide bonds. The second kappa shape index (κ2) is 16.3. The molecule has 1 aromatic carbocycles. The van der Waals surface area contributed by atoms with E-state index < -0.39 is 35.3 Å². The average Bonchev–Trinajstić information content (AvgIpc) is 3.57. The maximum Gasteiger partial charge on any atom is 0.243 e. The third-order valence-corrected chi connectivity index (χ3v) is 9.77. The van der Waals surface area contributed by atoms with Gasteiger partial charge in [-0.25, -0.2) is 4.98 Å². The molecule has 3 rings (SSSR count). The van der Waals surface area contributed by atoms with Gasteiger partial charge in [-0.05, 0) is 43.2 Å². The molecule has 6 N–H and O–H groups in total. The minimum atomic E-state index is -0.854. The molecule has 248 valence electrons. The summed E-state index contributed by atoms with van der Waals surface area (Å²) in [5.74, 6) is -2.93. The lowest BCUT2D eigenvalue weighted by Crippen LogP contribution is -2.53. The van der Waals surface area contributed by atoms with E-state index in [9.17, 15) is 24.3 Å². The molecule has 1 aliphatic rings. The molecule has 0 radical (unpaired) electrons. The van der Waals surface area contributed by atoms with Gasteiger partial charge in [0.05, 0.1) is 34.1 Å². The van der Waals surface area contributed by atoms with Crippen LogP contribution in [0.25, 0.3) is 10.4 Å². The number of nitrogens with one attached hydrogen (secondary N) is 1. The molecule has 1 aliphatic heterocycles. The molecular formula is C34H51N5O5S. The number of nitrogens with two attached hydrogens (primary N) is 2. The van der Waals surface area contributed by atoms with E-state index in [0.29, 0.717) is 12.8 Å². The maximum absolute atomic E-state index is 14.2. The van der Waals surface area contributed by atoms with Gasteiger partial charge in [0.2, 0.25) is 23.6 Å². The first-order valence-corrected chi connectivity index (χ1v) is 17.0. The third-order valence-electron chi connectivity index (χ3n) is 8.80. The van der Waals surface area contributed by atoms with Crippen LogP contribution in [0.5, 0.6) is 0 Å². The van der Waals surface area contributed by atoms with Crippen LogP contribution < -0.4 is 16.8 Å². The largest absolute Gasteiger partial charge is 0.391 e. The summed E-state index contributed by atoms with van der Waals surface area (Å²) >= 11 is 1.58. The molecule has 45 heavy (non-hydrogen) atoms. The maximum atomic E-state index is 14.2. The Morgan fingerprint density at radius 2 is 1.67 bits per heavy atom. The topological polar surface area (TPSA) is 169 Å². The van der Waals surface area contributed by atoms with Crippen molar-refractivity contribution >= 4 is 35.0 Å². The summed E-state index contributed by atoms with van der Waals surface area (Å²) in [7, 11) is 0. The summed E-state index contributed by atoms with van der Waals surface area (Å²) in [6.45, 7) is 9.61. The fraction of sp³-hybridized carbons (Fsp3) is 0.618. The van der Waals surface area contributed by atoms with Crippen LogP contribution in [-0.4, -0.2) is 57.3 Å². The van der Waals surface area contributed by atoms with Gasteiger partial charge in [-0.3, -0.25) is 19.2 Å². The molecule has 1 fully saturated rings. The van der Waals surface area contributed by atoms with Crippen molar-refractivity contribution < 1.29 is 24.3 Å². The van der Waals surface area contributed by atoms with Crippen LogP contribution in [0.2, 0.25) is 0 Å². The van der Waals surface area contributed by atoms with E-state index in [1.54, 1.807) is 11.3 Å². The van der Waals surface area contributed by atoms with Gasteiger partial charge >= 0.3 is 0 Å². The second-order valence-corrected chi connectivity index (χ2v) is 14.3. The predicted octanol–water partition coefficient (Wildman–Crippen LogP) is 4.63. The van der Waals surface area contributed by atoms with Gasteiger partial charge in [0.1, 0.15) is 6.04 Å². The summed E-state index contributed by atoms with van der Waals surface area (Å²) < 4.78 is 0. The first-order chi connectivity index (χ1) is 21.2. The number of amides is 4. The number of aliphatic hydroxyl groups excluding tert-OH is 1. The van der Waals surface area contributed by atoms with Gasteiger partial charge < -0.3 is 26.8 Å². The predicted molar refractivity (Wildman–Crippen MR) is 177 cm³/mol. The summed E-state index contributed by atoms with van der Waals surface area (Å²) in [6, 6.07) is 6.79. The Morgan fingerprint density at radius 3 is 2.22 bits per heavy atom.